The number of pyridine rings is 1. The van der Waals surface area contributed by atoms with Gasteiger partial charge >= 0.3 is 0 Å². The molecule has 1 aliphatic heterocycles. The van der Waals surface area contributed by atoms with E-state index in [2.05, 4.69) is 4.98 Å². The quantitative estimate of drug-likeness (QED) is 0.868. The molecule has 0 spiro atoms. The minimum absolute atomic E-state index is 0.0382. The topological polar surface area (TPSA) is 56.3 Å². The smallest absolute Gasteiger partial charge is 0.160 e. The van der Waals surface area contributed by atoms with Crippen molar-refractivity contribution in [2.75, 3.05) is 6.61 Å². The van der Waals surface area contributed by atoms with Crippen LogP contribution in [0.2, 0.25) is 0 Å². The lowest BCUT2D eigenvalue weighted by molar-refractivity contribution is 0.110. The zero-order chi connectivity index (χ0) is 15.6. The van der Waals surface area contributed by atoms with Gasteiger partial charge in [-0.1, -0.05) is 18.2 Å². The third-order valence-corrected chi connectivity index (χ3v) is 5.11. The maximum atomic E-state index is 13.5. The van der Waals surface area contributed by atoms with E-state index in [9.17, 15) is 12.8 Å². The molecule has 22 heavy (non-hydrogen) atoms. The van der Waals surface area contributed by atoms with Crippen molar-refractivity contribution in [1.29, 1.82) is 0 Å². The number of benzene rings is 1. The average Bonchev–Trinajstić information content (AvgIpc) is 2.49. The van der Waals surface area contributed by atoms with Crippen LogP contribution < -0.4 is 0 Å². The molecular formula is C16H16FNO3S. The molecule has 0 bridgehead atoms. The van der Waals surface area contributed by atoms with E-state index in [1.807, 2.05) is 18.2 Å². The summed E-state index contributed by atoms with van der Waals surface area (Å²) in [5.74, 6) is -1.12. The summed E-state index contributed by atoms with van der Waals surface area (Å²) in [5.41, 5.74) is 2.88. The molecule has 1 aromatic carbocycles. The maximum absolute atomic E-state index is 13.5. The molecule has 1 aliphatic rings. The number of sulfone groups is 1. The predicted octanol–water partition coefficient (Wildman–Crippen LogP) is 2.41. The van der Waals surface area contributed by atoms with Crippen molar-refractivity contribution in [1.82, 2.24) is 4.98 Å². The Morgan fingerprint density at radius 1 is 1.18 bits per heavy atom. The Hall–Kier alpha value is -1.79. The summed E-state index contributed by atoms with van der Waals surface area (Å²) in [6.45, 7) is 1.21. The molecule has 116 valence electrons. The Kier molecular flexibility index (Phi) is 4.22. The Balaban J connectivity index is 1.78. The third kappa shape index (κ3) is 3.51. The van der Waals surface area contributed by atoms with Gasteiger partial charge in [0.25, 0.3) is 0 Å². The van der Waals surface area contributed by atoms with Crippen LogP contribution in [-0.2, 0) is 39.1 Å². The first-order chi connectivity index (χ1) is 10.5. The lowest BCUT2D eigenvalue weighted by Gasteiger charge is -2.17. The second-order valence-electron chi connectivity index (χ2n) is 5.37. The van der Waals surface area contributed by atoms with Gasteiger partial charge in [-0.25, -0.2) is 12.8 Å². The first-order valence-electron chi connectivity index (χ1n) is 7.02. The molecule has 0 fully saturated rings. The van der Waals surface area contributed by atoms with Crippen LogP contribution in [0.5, 0.6) is 0 Å². The van der Waals surface area contributed by atoms with E-state index in [1.165, 1.54) is 23.9 Å². The zero-order valence-corrected chi connectivity index (χ0v) is 12.8. The largest absolute Gasteiger partial charge is 0.376 e. The van der Waals surface area contributed by atoms with Gasteiger partial charge in [-0.3, -0.25) is 4.98 Å². The summed E-state index contributed by atoms with van der Waals surface area (Å²) >= 11 is 0. The maximum Gasteiger partial charge on any atom is 0.160 e. The minimum atomic E-state index is -3.48. The van der Waals surface area contributed by atoms with Gasteiger partial charge < -0.3 is 4.74 Å². The van der Waals surface area contributed by atoms with Gasteiger partial charge in [-0.15, -0.1) is 0 Å². The van der Waals surface area contributed by atoms with Crippen molar-refractivity contribution in [2.24, 2.45) is 0 Å². The normalized spacial score (nSPS) is 14.6. The molecule has 0 N–H and O–H groups in total. The predicted molar refractivity (Wildman–Crippen MR) is 80.3 cm³/mol. The Labute approximate surface area is 128 Å². The number of hydrogen-bond donors (Lipinski definition) is 0. The highest BCUT2D eigenvalue weighted by atomic mass is 32.2. The molecule has 1 aromatic heterocycles. The monoisotopic (exact) mass is 321 g/mol. The van der Waals surface area contributed by atoms with E-state index in [1.54, 1.807) is 0 Å². The molecular weight excluding hydrogens is 305 g/mol. The van der Waals surface area contributed by atoms with Crippen molar-refractivity contribution < 1.29 is 17.5 Å². The molecule has 0 amide bonds. The van der Waals surface area contributed by atoms with Crippen molar-refractivity contribution >= 4 is 9.84 Å². The molecule has 6 heteroatoms. The molecule has 3 rings (SSSR count). The molecule has 0 radical (unpaired) electrons. The Morgan fingerprint density at radius 2 is 2.05 bits per heavy atom. The third-order valence-electron chi connectivity index (χ3n) is 3.62. The van der Waals surface area contributed by atoms with Crippen LogP contribution in [0.4, 0.5) is 4.39 Å². The van der Waals surface area contributed by atoms with E-state index in [0.717, 1.165) is 12.0 Å². The lowest BCUT2D eigenvalue weighted by atomic mass is 10.0. The Morgan fingerprint density at radius 3 is 2.86 bits per heavy atom. The number of hydrogen-bond acceptors (Lipinski definition) is 4. The highest BCUT2D eigenvalue weighted by Gasteiger charge is 2.18. The van der Waals surface area contributed by atoms with E-state index >= 15 is 0 Å². The first-order valence-corrected chi connectivity index (χ1v) is 8.84. The standard InChI is InChI=1S/C16H16FNO3S/c17-15-2-1-6-18-16(15)11-22(19,20)10-12-3-4-13-5-7-21-9-14(13)8-12/h1-4,6,8H,5,7,9-11H2. The zero-order valence-electron chi connectivity index (χ0n) is 12.0. The van der Waals surface area contributed by atoms with Crippen LogP contribution in [0.15, 0.2) is 36.5 Å². The van der Waals surface area contributed by atoms with Gasteiger partial charge in [-0.05, 0) is 35.2 Å². The van der Waals surface area contributed by atoms with Crippen LogP contribution in [0.3, 0.4) is 0 Å². The molecule has 0 saturated carbocycles. The summed E-state index contributed by atoms with van der Waals surface area (Å²) in [6.07, 6.45) is 2.24. The fourth-order valence-corrected chi connectivity index (χ4v) is 3.97. The van der Waals surface area contributed by atoms with Gasteiger partial charge in [-0.2, -0.15) is 0 Å². The van der Waals surface area contributed by atoms with Crippen LogP contribution in [0.1, 0.15) is 22.4 Å². The highest BCUT2D eigenvalue weighted by Crippen LogP contribution is 2.20. The summed E-state index contributed by atoms with van der Waals surface area (Å²) in [4.78, 5) is 3.80. The molecule has 2 heterocycles. The van der Waals surface area contributed by atoms with Gasteiger partial charge in [0.15, 0.2) is 9.84 Å². The summed E-state index contributed by atoms with van der Waals surface area (Å²) < 4.78 is 43.4. The molecule has 2 aromatic rings. The number of aromatic nitrogens is 1. The van der Waals surface area contributed by atoms with Crippen LogP contribution in [0.25, 0.3) is 0 Å². The van der Waals surface area contributed by atoms with E-state index < -0.39 is 21.4 Å². The van der Waals surface area contributed by atoms with Crippen LogP contribution in [-0.4, -0.2) is 20.0 Å². The van der Waals surface area contributed by atoms with Gasteiger partial charge in [0.05, 0.1) is 30.4 Å². The second-order valence-corrected chi connectivity index (χ2v) is 7.43. The number of rotatable bonds is 4. The van der Waals surface area contributed by atoms with Crippen LogP contribution >= 0.6 is 0 Å². The molecule has 4 nitrogen and oxygen atoms in total. The van der Waals surface area contributed by atoms with Gasteiger partial charge in [0, 0.05) is 6.20 Å². The fraction of sp³-hybridized carbons (Fsp3) is 0.312. The summed E-state index contributed by atoms with van der Waals surface area (Å²) in [7, 11) is -3.48. The number of ether oxygens (including phenoxy) is 1. The number of fused-ring (bicyclic) bond motifs is 1. The number of halogens is 1. The van der Waals surface area contributed by atoms with E-state index in [4.69, 9.17) is 4.74 Å². The fourth-order valence-electron chi connectivity index (χ4n) is 2.55. The molecule has 0 aliphatic carbocycles. The second kappa shape index (κ2) is 6.14. The average molecular weight is 321 g/mol. The number of nitrogens with zero attached hydrogens (tertiary/aromatic N) is 1. The molecule has 0 unspecified atom stereocenters. The SMILES string of the molecule is O=S(=O)(Cc1ccc2c(c1)COCC2)Cc1ncccc1F. The highest BCUT2D eigenvalue weighted by molar-refractivity contribution is 7.89. The Bertz CT molecular complexity index is 790. The van der Waals surface area contributed by atoms with Crippen molar-refractivity contribution in [3.8, 4) is 0 Å². The summed E-state index contributed by atoms with van der Waals surface area (Å²) in [6, 6.07) is 8.28. The van der Waals surface area contributed by atoms with Gasteiger partial charge in [0.1, 0.15) is 5.82 Å². The van der Waals surface area contributed by atoms with E-state index in [0.29, 0.717) is 18.8 Å². The van der Waals surface area contributed by atoms with Crippen LogP contribution in [0, 0.1) is 5.82 Å². The van der Waals surface area contributed by atoms with Gasteiger partial charge in [0.2, 0.25) is 0 Å². The minimum Gasteiger partial charge on any atom is -0.376 e. The van der Waals surface area contributed by atoms with Crippen molar-refractivity contribution in [2.45, 2.75) is 24.5 Å². The van der Waals surface area contributed by atoms with E-state index in [-0.39, 0.29) is 11.4 Å². The molecule has 0 atom stereocenters. The molecule has 0 saturated heterocycles. The van der Waals surface area contributed by atoms with Crippen molar-refractivity contribution in [3.63, 3.8) is 0 Å². The first kappa shape index (κ1) is 15.1. The lowest BCUT2D eigenvalue weighted by Crippen LogP contribution is -2.13. The van der Waals surface area contributed by atoms with Crippen molar-refractivity contribution in [3.05, 3.63) is 64.7 Å². The summed E-state index contributed by atoms with van der Waals surface area (Å²) in [5, 5.41) is 0.